The number of rotatable bonds is 1. The van der Waals surface area contributed by atoms with E-state index >= 15 is 0 Å². The number of nitrogens with zero attached hydrogens (tertiary/aromatic N) is 2. The van der Waals surface area contributed by atoms with Gasteiger partial charge in [0.25, 0.3) is 0 Å². The van der Waals surface area contributed by atoms with Crippen LogP contribution >= 0.6 is 34.8 Å². The van der Waals surface area contributed by atoms with Crippen LogP contribution in [0.2, 0.25) is 15.1 Å². The van der Waals surface area contributed by atoms with Gasteiger partial charge in [0.15, 0.2) is 0 Å². The fraction of sp³-hybridized carbons (Fsp3) is 0. The molecule has 2 nitrogen and oxygen atoms in total. The van der Waals surface area contributed by atoms with Crippen LogP contribution in [0.25, 0.3) is 11.4 Å². The van der Waals surface area contributed by atoms with Crippen molar-refractivity contribution >= 4 is 34.8 Å². The Hall–Kier alpha value is -0.830. The number of aromatic nitrogens is 2. The summed E-state index contributed by atoms with van der Waals surface area (Å²) in [5.41, 5.74) is 1.20. The van der Waals surface area contributed by atoms with Gasteiger partial charge >= 0.3 is 0 Å². The highest BCUT2D eigenvalue weighted by molar-refractivity contribution is 6.48. The topological polar surface area (TPSA) is 25.8 Å². The molecule has 2 aromatic heterocycles. The van der Waals surface area contributed by atoms with Crippen molar-refractivity contribution < 1.29 is 0 Å². The number of halogens is 3. The van der Waals surface area contributed by atoms with Gasteiger partial charge in [-0.3, -0.25) is 9.97 Å². The van der Waals surface area contributed by atoms with Gasteiger partial charge in [-0.2, -0.15) is 0 Å². The lowest BCUT2D eigenvalue weighted by Gasteiger charge is -2.04. The Kier molecular flexibility index (Phi) is 3.10. The first-order valence-electron chi connectivity index (χ1n) is 4.11. The second kappa shape index (κ2) is 4.35. The maximum absolute atomic E-state index is 6.01. The highest BCUT2D eigenvalue weighted by atomic mass is 35.5. The minimum Gasteiger partial charge on any atom is -0.255 e. The van der Waals surface area contributed by atoms with Crippen LogP contribution in [0.3, 0.4) is 0 Å². The molecule has 0 atom stereocenters. The second-order valence-corrected chi connectivity index (χ2v) is 3.96. The van der Waals surface area contributed by atoms with Crippen molar-refractivity contribution in [1.29, 1.82) is 0 Å². The van der Waals surface area contributed by atoms with E-state index in [9.17, 15) is 0 Å². The molecule has 0 saturated carbocycles. The average molecular weight is 260 g/mol. The first-order chi connectivity index (χ1) is 7.20. The lowest BCUT2D eigenvalue weighted by molar-refractivity contribution is 1.25. The molecule has 0 fully saturated rings. The van der Waals surface area contributed by atoms with E-state index in [0.29, 0.717) is 26.5 Å². The van der Waals surface area contributed by atoms with E-state index in [4.69, 9.17) is 34.8 Å². The smallest absolute Gasteiger partial charge is 0.109 e. The highest BCUT2D eigenvalue weighted by Gasteiger charge is 2.12. The Labute approximate surface area is 102 Å². The average Bonchev–Trinajstić information content (AvgIpc) is 2.27. The summed E-state index contributed by atoms with van der Waals surface area (Å²) in [5.74, 6) is 0. The standard InChI is InChI=1S/C10H5Cl3N2/c11-6-5-15-10(9(13)8(6)12)7-3-1-2-4-14-7/h1-5H. The Morgan fingerprint density at radius 2 is 1.73 bits per heavy atom. The summed E-state index contributed by atoms with van der Waals surface area (Å²) in [5, 5.41) is 0.957. The van der Waals surface area contributed by atoms with Gasteiger partial charge in [-0.1, -0.05) is 40.9 Å². The van der Waals surface area contributed by atoms with Crippen LogP contribution in [-0.2, 0) is 0 Å². The predicted molar refractivity (Wildman–Crippen MR) is 62.5 cm³/mol. The van der Waals surface area contributed by atoms with E-state index < -0.39 is 0 Å². The number of hydrogen-bond donors (Lipinski definition) is 0. The fourth-order valence-corrected chi connectivity index (χ4v) is 1.70. The largest absolute Gasteiger partial charge is 0.255 e. The molecule has 15 heavy (non-hydrogen) atoms. The summed E-state index contributed by atoms with van der Waals surface area (Å²) in [6, 6.07) is 5.47. The van der Waals surface area contributed by atoms with E-state index in [1.54, 1.807) is 12.3 Å². The van der Waals surface area contributed by atoms with Crippen molar-refractivity contribution in [2.24, 2.45) is 0 Å². The minimum absolute atomic E-state index is 0.300. The molecular weight excluding hydrogens is 254 g/mol. The molecule has 0 saturated heterocycles. The molecule has 2 heterocycles. The van der Waals surface area contributed by atoms with Crippen LogP contribution in [0.4, 0.5) is 0 Å². The van der Waals surface area contributed by atoms with Gasteiger partial charge < -0.3 is 0 Å². The fourth-order valence-electron chi connectivity index (χ4n) is 1.12. The third kappa shape index (κ3) is 2.07. The van der Waals surface area contributed by atoms with Gasteiger partial charge in [0, 0.05) is 12.4 Å². The van der Waals surface area contributed by atoms with Crippen LogP contribution in [0.1, 0.15) is 0 Å². The summed E-state index contributed by atoms with van der Waals surface area (Å²) < 4.78 is 0. The van der Waals surface area contributed by atoms with Crippen molar-refractivity contribution in [3.63, 3.8) is 0 Å². The quantitative estimate of drug-likeness (QED) is 0.770. The lowest BCUT2D eigenvalue weighted by atomic mass is 10.2. The molecule has 2 aromatic rings. The Bertz CT molecular complexity index is 486. The maximum atomic E-state index is 6.01. The van der Waals surface area contributed by atoms with Gasteiger partial charge in [0.1, 0.15) is 5.69 Å². The maximum Gasteiger partial charge on any atom is 0.109 e. The summed E-state index contributed by atoms with van der Waals surface area (Å²) in [4.78, 5) is 8.23. The molecule has 0 amide bonds. The normalized spacial score (nSPS) is 10.3. The van der Waals surface area contributed by atoms with Crippen molar-refractivity contribution in [2.75, 3.05) is 0 Å². The summed E-state index contributed by atoms with van der Waals surface area (Å²) in [7, 11) is 0. The van der Waals surface area contributed by atoms with Gasteiger partial charge in [-0.05, 0) is 12.1 Å². The van der Waals surface area contributed by atoms with Crippen LogP contribution in [0, 0.1) is 0 Å². The molecule has 5 heteroatoms. The zero-order chi connectivity index (χ0) is 10.8. The second-order valence-electron chi connectivity index (χ2n) is 2.80. The van der Waals surface area contributed by atoms with Crippen LogP contribution in [0.5, 0.6) is 0 Å². The van der Waals surface area contributed by atoms with E-state index in [1.165, 1.54) is 6.20 Å². The molecule has 0 radical (unpaired) electrons. The van der Waals surface area contributed by atoms with Crippen molar-refractivity contribution in [3.8, 4) is 11.4 Å². The monoisotopic (exact) mass is 258 g/mol. The molecule has 0 aromatic carbocycles. The zero-order valence-corrected chi connectivity index (χ0v) is 9.68. The Morgan fingerprint density at radius 3 is 2.40 bits per heavy atom. The summed E-state index contributed by atoms with van der Waals surface area (Å²) in [6.45, 7) is 0. The first kappa shape index (κ1) is 10.7. The first-order valence-corrected chi connectivity index (χ1v) is 5.24. The molecule has 0 aliphatic heterocycles. The molecule has 0 N–H and O–H groups in total. The Balaban J connectivity index is 2.60. The van der Waals surface area contributed by atoms with Crippen LogP contribution in [-0.4, -0.2) is 9.97 Å². The van der Waals surface area contributed by atoms with Gasteiger partial charge in [0.05, 0.1) is 20.8 Å². The van der Waals surface area contributed by atoms with E-state index in [2.05, 4.69) is 9.97 Å². The molecular formula is C10H5Cl3N2. The summed E-state index contributed by atoms with van der Waals surface area (Å²) in [6.07, 6.45) is 3.12. The van der Waals surface area contributed by atoms with Crippen LogP contribution < -0.4 is 0 Å². The van der Waals surface area contributed by atoms with Crippen molar-refractivity contribution in [3.05, 3.63) is 45.7 Å². The zero-order valence-electron chi connectivity index (χ0n) is 7.42. The molecule has 0 spiro atoms. The molecule has 0 aliphatic carbocycles. The van der Waals surface area contributed by atoms with Gasteiger partial charge in [0.2, 0.25) is 0 Å². The van der Waals surface area contributed by atoms with Gasteiger partial charge in [-0.15, -0.1) is 0 Å². The SMILES string of the molecule is Clc1cnc(-c2ccccn2)c(Cl)c1Cl. The number of pyridine rings is 2. The highest BCUT2D eigenvalue weighted by Crippen LogP contribution is 2.35. The lowest BCUT2D eigenvalue weighted by Crippen LogP contribution is -1.88. The van der Waals surface area contributed by atoms with E-state index in [0.717, 1.165) is 0 Å². The molecule has 0 unspecified atom stereocenters. The van der Waals surface area contributed by atoms with Crippen molar-refractivity contribution in [2.45, 2.75) is 0 Å². The summed E-state index contributed by atoms with van der Waals surface area (Å²) >= 11 is 17.7. The molecule has 2 rings (SSSR count). The van der Waals surface area contributed by atoms with Crippen LogP contribution in [0.15, 0.2) is 30.6 Å². The third-order valence-electron chi connectivity index (χ3n) is 1.82. The minimum atomic E-state index is 0.300. The number of hydrogen-bond acceptors (Lipinski definition) is 2. The predicted octanol–water partition coefficient (Wildman–Crippen LogP) is 4.10. The molecule has 76 valence electrons. The third-order valence-corrected chi connectivity index (χ3v) is 3.07. The molecule has 0 bridgehead atoms. The van der Waals surface area contributed by atoms with E-state index in [1.807, 2.05) is 12.1 Å². The Morgan fingerprint density at radius 1 is 0.933 bits per heavy atom. The van der Waals surface area contributed by atoms with E-state index in [-0.39, 0.29) is 0 Å². The van der Waals surface area contributed by atoms with Crippen molar-refractivity contribution in [1.82, 2.24) is 9.97 Å². The van der Waals surface area contributed by atoms with Gasteiger partial charge in [-0.25, -0.2) is 0 Å². The molecule has 0 aliphatic rings.